The fourth-order valence-electron chi connectivity index (χ4n) is 2.81. The van der Waals surface area contributed by atoms with E-state index in [1.165, 1.54) is 4.90 Å². The molecule has 3 N–H and O–H groups in total. The third kappa shape index (κ3) is 2.35. The lowest BCUT2D eigenvalue weighted by Gasteiger charge is -2.37. The van der Waals surface area contributed by atoms with Crippen LogP contribution in [-0.4, -0.2) is 58.8 Å². The monoisotopic (exact) mass is 256 g/mol. The van der Waals surface area contributed by atoms with E-state index in [9.17, 15) is 14.7 Å². The van der Waals surface area contributed by atoms with Crippen molar-refractivity contribution in [2.45, 2.75) is 38.3 Å². The van der Waals surface area contributed by atoms with Crippen molar-refractivity contribution in [3.05, 3.63) is 0 Å². The van der Waals surface area contributed by atoms with Gasteiger partial charge in [-0.15, -0.1) is 0 Å². The molecule has 2 saturated heterocycles. The van der Waals surface area contributed by atoms with Crippen LogP contribution in [0.15, 0.2) is 0 Å². The number of carbonyl (C=O) groups excluding carboxylic acids is 1. The molecule has 0 aromatic heterocycles. The zero-order valence-electron chi connectivity index (χ0n) is 10.6. The number of piperidine rings is 1. The summed E-state index contributed by atoms with van der Waals surface area (Å²) in [5, 5.41) is 21.9. The molecular formula is C12H20N2O4. The van der Waals surface area contributed by atoms with Crippen molar-refractivity contribution in [1.82, 2.24) is 10.2 Å². The summed E-state index contributed by atoms with van der Waals surface area (Å²) >= 11 is 0. The maximum Gasteiger partial charge on any atom is 0.326 e. The Hall–Kier alpha value is -1.14. The number of aliphatic carboxylic acids is 1. The molecule has 0 saturated carbocycles. The zero-order valence-corrected chi connectivity index (χ0v) is 10.6. The first-order valence-electron chi connectivity index (χ1n) is 6.37. The predicted molar refractivity (Wildman–Crippen MR) is 64.0 cm³/mol. The number of hydrogen-bond acceptors (Lipinski definition) is 4. The van der Waals surface area contributed by atoms with Gasteiger partial charge in [0, 0.05) is 18.4 Å². The molecule has 102 valence electrons. The topological polar surface area (TPSA) is 89.9 Å². The van der Waals surface area contributed by atoms with Gasteiger partial charge in [-0.05, 0) is 25.9 Å². The van der Waals surface area contributed by atoms with Crippen LogP contribution in [0.25, 0.3) is 0 Å². The van der Waals surface area contributed by atoms with Crippen LogP contribution in [0.4, 0.5) is 0 Å². The quantitative estimate of drug-likeness (QED) is 0.615. The van der Waals surface area contributed by atoms with Gasteiger partial charge in [-0.1, -0.05) is 6.92 Å². The summed E-state index contributed by atoms with van der Waals surface area (Å²) in [6.07, 6.45) is 0.839. The number of carbonyl (C=O) groups is 2. The first-order valence-corrected chi connectivity index (χ1v) is 6.37. The van der Waals surface area contributed by atoms with E-state index >= 15 is 0 Å². The van der Waals surface area contributed by atoms with Crippen LogP contribution in [0.5, 0.6) is 0 Å². The molecule has 0 aromatic rings. The lowest BCUT2D eigenvalue weighted by atomic mass is 9.79. The summed E-state index contributed by atoms with van der Waals surface area (Å²) in [7, 11) is 0. The molecular weight excluding hydrogens is 236 g/mol. The Labute approximate surface area is 106 Å². The number of nitrogens with one attached hydrogen (secondary N) is 1. The van der Waals surface area contributed by atoms with Crippen molar-refractivity contribution in [2.24, 2.45) is 5.41 Å². The van der Waals surface area contributed by atoms with E-state index in [1.54, 1.807) is 0 Å². The predicted octanol–water partition coefficient (Wildman–Crippen LogP) is -0.577. The lowest BCUT2D eigenvalue weighted by Crippen LogP contribution is -2.51. The van der Waals surface area contributed by atoms with E-state index in [1.807, 2.05) is 6.92 Å². The molecule has 2 aliphatic heterocycles. The van der Waals surface area contributed by atoms with Crippen LogP contribution in [0.2, 0.25) is 0 Å². The van der Waals surface area contributed by atoms with E-state index in [-0.39, 0.29) is 18.9 Å². The van der Waals surface area contributed by atoms with Gasteiger partial charge in [0.2, 0.25) is 5.91 Å². The first kappa shape index (κ1) is 13.3. The van der Waals surface area contributed by atoms with Gasteiger partial charge in [-0.3, -0.25) is 4.79 Å². The second-order valence-corrected chi connectivity index (χ2v) is 5.51. The molecule has 1 amide bonds. The van der Waals surface area contributed by atoms with Gasteiger partial charge in [0.15, 0.2) is 0 Å². The number of carboxylic acids is 1. The number of aliphatic hydroxyl groups is 1. The molecule has 2 heterocycles. The van der Waals surface area contributed by atoms with Crippen molar-refractivity contribution in [3.63, 3.8) is 0 Å². The van der Waals surface area contributed by atoms with Gasteiger partial charge in [0.1, 0.15) is 6.04 Å². The van der Waals surface area contributed by atoms with Gasteiger partial charge >= 0.3 is 5.97 Å². The molecule has 2 aliphatic rings. The molecule has 0 aliphatic carbocycles. The summed E-state index contributed by atoms with van der Waals surface area (Å²) < 4.78 is 0. The standard InChI is InChI=1S/C12H20N2O4/c1-12(2-4-13-5-3-12)11(18)14-7-8(15)6-9(14)10(16)17/h8-9,13,15H,2-7H2,1H3,(H,16,17). The average molecular weight is 256 g/mol. The minimum atomic E-state index is -1.03. The molecule has 0 spiro atoms. The number of carboxylic acid groups (broad SMARTS) is 1. The largest absolute Gasteiger partial charge is 0.480 e. The summed E-state index contributed by atoms with van der Waals surface area (Å²) in [5.74, 6) is -1.16. The van der Waals surface area contributed by atoms with Gasteiger partial charge in [0.05, 0.1) is 6.10 Å². The third-order valence-electron chi connectivity index (χ3n) is 4.05. The van der Waals surface area contributed by atoms with Crippen molar-refractivity contribution in [2.75, 3.05) is 19.6 Å². The normalized spacial score (nSPS) is 31.3. The van der Waals surface area contributed by atoms with Crippen LogP contribution in [-0.2, 0) is 9.59 Å². The molecule has 6 heteroatoms. The maximum atomic E-state index is 12.5. The third-order valence-corrected chi connectivity index (χ3v) is 4.05. The van der Waals surface area contributed by atoms with Crippen LogP contribution >= 0.6 is 0 Å². The van der Waals surface area contributed by atoms with Crippen LogP contribution < -0.4 is 5.32 Å². The molecule has 6 nitrogen and oxygen atoms in total. The Morgan fingerprint density at radius 2 is 1.94 bits per heavy atom. The highest BCUT2D eigenvalue weighted by Crippen LogP contribution is 2.33. The lowest BCUT2D eigenvalue weighted by molar-refractivity contribution is -0.153. The summed E-state index contributed by atoms with van der Waals surface area (Å²) in [4.78, 5) is 25.0. The molecule has 0 radical (unpaired) electrons. The van der Waals surface area contributed by atoms with Crippen LogP contribution in [0.3, 0.4) is 0 Å². The van der Waals surface area contributed by atoms with Crippen molar-refractivity contribution in [1.29, 1.82) is 0 Å². The van der Waals surface area contributed by atoms with E-state index in [0.717, 1.165) is 13.1 Å². The fraction of sp³-hybridized carbons (Fsp3) is 0.833. The zero-order chi connectivity index (χ0) is 13.3. The minimum absolute atomic E-state index is 0.132. The van der Waals surface area contributed by atoms with Crippen LogP contribution in [0, 0.1) is 5.41 Å². The number of hydrogen-bond donors (Lipinski definition) is 3. The Bertz CT molecular complexity index is 352. The molecule has 2 rings (SSSR count). The van der Waals surface area contributed by atoms with Crippen molar-refractivity contribution < 1.29 is 19.8 Å². The minimum Gasteiger partial charge on any atom is -0.480 e. The molecule has 2 fully saturated rings. The maximum absolute atomic E-state index is 12.5. The van der Waals surface area contributed by atoms with E-state index in [0.29, 0.717) is 12.8 Å². The number of rotatable bonds is 2. The molecule has 2 unspecified atom stereocenters. The Balaban J connectivity index is 2.14. The van der Waals surface area contributed by atoms with Crippen molar-refractivity contribution in [3.8, 4) is 0 Å². The highest BCUT2D eigenvalue weighted by atomic mass is 16.4. The molecule has 2 atom stereocenters. The van der Waals surface area contributed by atoms with Gasteiger partial charge in [0.25, 0.3) is 0 Å². The number of β-amino-alcohol motifs (C(OH)–C–C–N with tert-alkyl or cyclic N) is 1. The van der Waals surface area contributed by atoms with Gasteiger partial charge in [-0.25, -0.2) is 4.79 Å². The number of nitrogens with zero attached hydrogens (tertiary/aromatic N) is 1. The molecule has 0 bridgehead atoms. The van der Waals surface area contributed by atoms with Crippen LogP contribution in [0.1, 0.15) is 26.2 Å². The smallest absolute Gasteiger partial charge is 0.326 e. The second-order valence-electron chi connectivity index (χ2n) is 5.51. The first-order chi connectivity index (χ1) is 8.44. The number of aliphatic hydroxyl groups excluding tert-OH is 1. The fourth-order valence-corrected chi connectivity index (χ4v) is 2.81. The second kappa shape index (κ2) is 4.85. The Morgan fingerprint density at radius 3 is 2.50 bits per heavy atom. The average Bonchev–Trinajstić information content (AvgIpc) is 2.71. The number of amides is 1. The Morgan fingerprint density at radius 1 is 1.33 bits per heavy atom. The molecule has 0 aromatic carbocycles. The Kier molecular flexibility index (Phi) is 3.59. The summed E-state index contributed by atoms with van der Waals surface area (Å²) in [6, 6.07) is -0.876. The van der Waals surface area contributed by atoms with E-state index in [4.69, 9.17) is 5.11 Å². The van der Waals surface area contributed by atoms with Gasteiger partial charge in [-0.2, -0.15) is 0 Å². The van der Waals surface area contributed by atoms with E-state index in [2.05, 4.69) is 5.32 Å². The van der Waals surface area contributed by atoms with E-state index < -0.39 is 23.5 Å². The number of likely N-dealkylation sites (tertiary alicyclic amines) is 1. The summed E-state index contributed by atoms with van der Waals surface area (Å²) in [5.41, 5.74) is -0.497. The summed E-state index contributed by atoms with van der Waals surface area (Å²) in [6.45, 7) is 3.57. The highest BCUT2D eigenvalue weighted by molar-refractivity contribution is 5.88. The van der Waals surface area contributed by atoms with Gasteiger partial charge < -0.3 is 20.4 Å². The molecule has 18 heavy (non-hydrogen) atoms. The SMILES string of the molecule is CC1(C(=O)N2CC(O)CC2C(=O)O)CCNCC1. The highest BCUT2D eigenvalue weighted by Gasteiger charge is 2.45. The van der Waals surface area contributed by atoms with Crippen molar-refractivity contribution >= 4 is 11.9 Å².